The lowest BCUT2D eigenvalue weighted by Gasteiger charge is -2.45. The van der Waals surface area contributed by atoms with Gasteiger partial charge < -0.3 is 20.5 Å². The maximum Gasteiger partial charge on any atom is 0.258 e. The third-order valence-electron chi connectivity index (χ3n) is 6.96. The zero-order chi connectivity index (χ0) is 24.9. The number of aliphatic hydroxyl groups excluding tert-OH is 1. The van der Waals surface area contributed by atoms with Gasteiger partial charge in [0.1, 0.15) is 5.56 Å². The van der Waals surface area contributed by atoms with Crippen molar-refractivity contribution in [3.63, 3.8) is 0 Å². The Morgan fingerprint density at radius 2 is 1.97 bits per heavy atom. The summed E-state index contributed by atoms with van der Waals surface area (Å²) in [4.78, 5) is 25.2. The molecule has 190 valence electrons. The van der Waals surface area contributed by atoms with Gasteiger partial charge in [-0.3, -0.25) is 9.59 Å². The molecule has 2 unspecified atom stereocenters. The molecule has 0 saturated heterocycles. The number of carbonyl (C=O) groups is 2. The molecule has 8 nitrogen and oxygen atoms in total. The van der Waals surface area contributed by atoms with Crippen LogP contribution in [0.5, 0.6) is 5.88 Å². The number of nitrogens with one attached hydrogen (secondary N) is 2. The Bertz CT molecular complexity index is 862. The number of nitrogens with zero attached hydrogens (tertiary/aromatic N) is 2. The number of aromatic nitrogens is 2. The van der Waals surface area contributed by atoms with Crippen LogP contribution in [0.25, 0.3) is 6.20 Å². The average molecular weight is 475 g/mol. The van der Waals surface area contributed by atoms with E-state index in [4.69, 9.17) is 4.74 Å². The highest BCUT2D eigenvalue weighted by Gasteiger charge is 2.41. The van der Waals surface area contributed by atoms with Crippen LogP contribution in [-0.4, -0.2) is 51.5 Å². The van der Waals surface area contributed by atoms with Gasteiger partial charge in [0.2, 0.25) is 11.8 Å². The summed E-state index contributed by atoms with van der Waals surface area (Å²) in [5.74, 6) is 1.66. The van der Waals surface area contributed by atoms with Crippen LogP contribution in [0.1, 0.15) is 83.5 Å². The van der Waals surface area contributed by atoms with Crippen LogP contribution < -0.4 is 15.4 Å². The number of amides is 2. The van der Waals surface area contributed by atoms with E-state index in [9.17, 15) is 14.7 Å². The molecule has 0 radical (unpaired) electrons. The Labute approximate surface area is 203 Å². The summed E-state index contributed by atoms with van der Waals surface area (Å²) in [6.07, 6.45) is 10.9. The minimum absolute atomic E-state index is 0.0343. The highest BCUT2D eigenvalue weighted by Crippen LogP contribution is 2.43. The van der Waals surface area contributed by atoms with Crippen molar-refractivity contribution < 1.29 is 19.4 Å². The first-order chi connectivity index (χ1) is 16.1. The van der Waals surface area contributed by atoms with Gasteiger partial charge in [-0.2, -0.15) is 5.10 Å². The summed E-state index contributed by atoms with van der Waals surface area (Å²) in [6.45, 7) is 10.4. The number of aliphatic hydroxyl groups is 1. The molecule has 8 heteroatoms. The van der Waals surface area contributed by atoms with Gasteiger partial charge in [-0.1, -0.05) is 27.2 Å². The van der Waals surface area contributed by atoms with Crippen LogP contribution in [-0.2, 0) is 4.79 Å². The molecule has 2 atom stereocenters. The number of hydrogen-bond acceptors (Lipinski definition) is 5. The van der Waals surface area contributed by atoms with Crippen LogP contribution in [0.4, 0.5) is 0 Å². The van der Waals surface area contributed by atoms with Crippen LogP contribution in [0.2, 0.25) is 0 Å². The van der Waals surface area contributed by atoms with E-state index in [0.717, 1.165) is 25.7 Å². The van der Waals surface area contributed by atoms with Gasteiger partial charge in [-0.05, 0) is 69.3 Å². The normalized spacial score (nSPS) is 24.9. The summed E-state index contributed by atoms with van der Waals surface area (Å²) in [7, 11) is 0. The Hall–Kier alpha value is -2.35. The van der Waals surface area contributed by atoms with Crippen molar-refractivity contribution in [2.75, 3.05) is 13.2 Å². The smallest absolute Gasteiger partial charge is 0.258 e. The summed E-state index contributed by atoms with van der Waals surface area (Å²) >= 11 is 0. The van der Waals surface area contributed by atoms with Gasteiger partial charge in [0.15, 0.2) is 0 Å². The Balaban J connectivity index is 1.79. The molecule has 0 aromatic carbocycles. The van der Waals surface area contributed by atoms with E-state index in [1.54, 1.807) is 17.1 Å². The number of carbonyl (C=O) groups excluding carboxylic acids is 2. The van der Waals surface area contributed by atoms with Gasteiger partial charge in [-0.15, -0.1) is 0 Å². The van der Waals surface area contributed by atoms with Crippen molar-refractivity contribution in [2.24, 2.45) is 23.7 Å². The first kappa shape index (κ1) is 26.3. The largest absolute Gasteiger partial charge is 0.477 e. The molecule has 2 aliphatic carbocycles. The number of rotatable bonds is 10. The van der Waals surface area contributed by atoms with Gasteiger partial charge >= 0.3 is 0 Å². The average Bonchev–Trinajstić information content (AvgIpc) is 3.18. The molecule has 1 aromatic rings. The summed E-state index contributed by atoms with van der Waals surface area (Å²) in [5, 5.41) is 20.3. The molecule has 1 heterocycles. The van der Waals surface area contributed by atoms with Crippen LogP contribution in [0.15, 0.2) is 12.3 Å². The summed E-state index contributed by atoms with van der Waals surface area (Å²) < 4.78 is 7.61. The van der Waals surface area contributed by atoms with E-state index in [0.29, 0.717) is 42.2 Å². The maximum absolute atomic E-state index is 13.4. The van der Waals surface area contributed by atoms with Crippen molar-refractivity contribution >= 4 is 18.0 Å². The SMILES string of the molecule is CCC(=O)NC(C)(C)/C=C/n1ncc(C(=O)N[C@H]2C3CCCC2C[C@@H](CO)C3)c1OCC(C)C. The van der Waals surface area contributed by atoms with E-state index in [2.05, 4.69) is 29.6 Å². The second-order valence-electron chi connectivity index (χ2n) is 10.9. The quantitative estimate of drug-likeness (QED) is 0.480. The minimum atomic E-state index is -0.570. The predicted molar refractivity (Wildman–Crippen MR) is 132 cm³/mol. The predicted octanol–water partition coefficient (Wildman–Crippen LogP) is 3.61. The lowest BCUT2D eigenvalue weighted by atomic mass is 9.65. The van der Waals surface area contributed by atoms with Gasteiger partial charge in [0.05, 0.1) is 18.3 Å². The fourth-order valence-corrected chi connectivity index (χ4v) is 5.23. The van der Waals surface area contributed by atoms with Crippen LogP contribution in [0, 0.1) is 23.7 Å². The second-order valence-corrected chi connectivity index (χ2v) is 10.9. The third-order valence-corrected chi connectivity index (χ3v) is 6.96. The first-order valence-corrected chi connectivity index (χ1v) is 12.8. The fourth-order valence-electron chi connectivity index (χ4n) is 5.23. The van der Waals surface area contributed by atoms with Gasteiger partial charge in [0, 0.05) is 25.3 Å². The number of fused-ring (bicyclic) bond motifs is 2. The zero-order valence-corrected chi connectivity index (χ0v) is 21.3. The summed E-state index contributed by atoms with van der Waals surface area (Å²) in [5.41, 5.74) is -0.150. The van der Waals surface area contributed by atoms with Gasteiger partial charge in [-0.25, -0.2) is 4.68 Å². The van der Waals surface area contributed by atoms with E-state index < -0.39 is 5.54 Å². The van der Waals surface area contributed by atoms with E-state index in [1.165, 1.54) is 6.42 Å². The number of hydrogen-bond donors (Lipinski definition) is 3. The molecule has 2 bridgehead atoms. The molecule has 0 spiro atoms. The molecule has 1 aromatic heterocycles. The Kier molecular flexibility index (Phi) is 8.79. The maximum atomic E-state index is 13.4. The van der Waals surface area contributed by atoms with Crippen molar-refractivity contribution in [1.82, 2.24) is 20.4 Å². The first-order valence-electron chi connectivity index (χ1n) is 12.8. The Morgan fingerprint density at radius 1 is 1.29 bits per heavy atom. The van der Waals surface area contributed by atoms with Crippen molar-refractivity contribution in [3.05, 3.63) is 17.8 Å². The lowest BCUT2D eigenvalue weighted by Crippen LogP contribution is -2.51. The standard InChI is InChI=1S/C26H42N4O4/c1-6-22(32)29-26(4,5)10-11-30-25(34-16-17(2)3)21(14-27-30)24(33)28-23-19-8-7-9-20(23)13-18(12-19)15-31/h10-11,14,17-20,23,31H,6-9,12-13,15-16H2,1-5H3,(H,28,33)(H,29,32)/b11-10+/t18-,19?,20?,23-. The monoisotopic (exact) mass is 474 g/mol. The molecular formula is C26H42N4O4. The molecule has 0 aliphatic heterocycles. The molecule has 3 rings (SSSR count). The Morgan fingerprint density at radius 3 is 2.56 bits per heavy atom. The van der Waals surface area contributed by atoms with Crippen molar-refractivity contribution in [1.29, 1.82) is 0 Å². The van der Waals surface area contributed by atoms with E-state index in [-0.39, 0.29) is 30.4 Å². The highest BCUT2D eigenvalue weighted by atomic mass is 16.5. The topological polar surface area (TPSA) is 105 Å². The van der Waals surface area contributed by atoms with Crippen molar-refractivity contribution in [3.8, 4) is 5.88 Å². The van der Waals surface area contributed by atoms with Crippen LogP contribution in [0.3, 0.4) is 0 Å². The second kappa shape index (κ2) is 11.4. The molecule has 2 amide bonds. The molecule has 2 fully saturated rings. The van der Waals surface area contributed by atoms with E-state index in [1.807, 2.05) is 26.8 Å². The van der Waals surface area contributed by atoms with Crippen LogP contribution >= 0.6 is 0 Å². The fraction of sp³-hybridized carbons (Fsp3) is 0.731. The highest BCUT2D eigenvalue weighted by molar-refractivity contribution is 5.96. The number of ether oxygens (including phenoxy) is 1. The lowest BCUT2D eigenvalue weighted by molar-refractivity contribution is -0.121. The van der Waals surface area contributed by atoms with Gasteiger partial charge in [0.25, 0.3) is 5.91 Å². The molecular weight excluding hydrogens is 432 g/mol. The molecule has 3 N–H and O–H groups in total. The molecule has 2 saturated carbocycles. The third kappa shape index (κ3) is 6.62. The van der Waals surface area contributed by atoms with E-state index >= 15 is 0 Å². The minimum Gasteiger partial charge on any atom is -0.477 e. The van der Waals surface area contributed by atoms with Crippen molar-refractivity contribution in [2.45, 2.75) is 84.7 Å². The zero-order valence-electron chi connectivity index (χ0n) is 21.3. The summed E-state index contributed by atoms with van der Waals surface area (Å²) in [6, 6.07) is 0.129. The molecule has 2 aliphatic rings. The molecule has 34 heavy (non-hydrogen) atoms.